The molecule has 2 fully saturated rings. The number of anilines is 1. The van der Waals surface area contributed by atoms with Crippen LogP contribution in [-0.4, -0.2) is 38.6 Å². The maximum atomic E-state index is 12.5. The molecule has 2 N–H and O–H groups in total. The van der Waals surface area contributed by atoms with Crippen molar-refractivity contribution in [2.24, 2.45) is 0 Å². The molecule has 0 unspecified atom stereocenters. The van der Waals surface area contributed by atoms with E-state index in [0.717, 1.165) is 44.7 Å². The van der Waals surface area contributed by atoms with Crippen LogP contribution in [0.15, 0.2) is 18.2 Å². The molecule has 1 aromatic carbocycles. The van der Waals surface area contributed by atoms with Gasteiger partial charge in [-0.25, -0.2) is 0 Å². The number of hydrogen-bond acceptors (Lipinski definition) is 3. The summed E-state index contributed by atoms with van der Waals surface area (Å²) in [5.41, 5.74) is 1.67. The molecule has 3 rings (SSSR count). The van der Waals surface area contributed by atoms with Gasteiger partial charge in [-0.1, -0.05) is 58.6 Å². The fourth-order valence-electron chi connectivity index (χ4n) is 3.69. The van der Waals surface area contributed by atoms with Gasteiger partial charge in [0.15, 0.2) is 0 Å². The number of hydrogen-bond donors (Lipinski definition) is 2. The van der Waals surface area contributed by atoms with Gasteiger partial charge in [0, 0.05) is 38.4 Å². The minimum atomic E-state index is -0.0635. The topological polar surface area (TPSA) is 44.4 Å². The van der Waals surface area contributed by atoms with Gasteiger partial charge in [-0.2, -0.15) is 0 Å². The van der Waals surface area contributed by atoms with Crippen molar-refractivity contribution in [2.75, 3.05) is 37.6 Å². The Morgan fingerprint density at radius 1 is 1.04 bits per heavy atom. The zero-order valence-electron chi connectivity index (χ0n) is 16.4. The molecule has 5 heteroatoms. The number of nitrogens with one attached hydrogen (secondary N) is 2. The Hall–Kier alpha value is -1.26. The molecular formula is C22H33ClN3O. The van der Waals surface area contributed by atoms with Gasteiger partial charge in [0.2, 0.25) is 0 Å². The maximum absolute atomic E-state index is 12.5. The lowest BCUT2D eigenvalue weighted by Gasteiger charge is -2.29. The standard InChI is InChI=1S/C20H29ClN3O.2CH2/c21-19-14-17(24-12-10-22-11-13-24)8-9-18(19)20(25)23-15-16-6-4-2-1-3-5-7-16;;/h8-9,14,22H,1-7,10-13,15H2,(H,23,25);2*1H2. The highest BCUT2D eigenvalue weighted by Gasteiger charge is 2.17. The molecule has 1 aliphatic heterocycles. The van der Waals surface area contributed by atoms with E-state index in [9.17, 15) is 4.79 Å². The molecule has 1 heterocycles. The predicted molar refractivity (Wildman–Crippen MR) is 115 cm³/mol. The molecule has 1 aromatic rings. The van der Waals surface area contributed by atoms with Gasteiger partial charge in [-0.3, -0.25) is 4.79 Å². The second-order valence-corrected chi connectivity index (χ2v) is 7.51. The minimum Gasteiger partial charge on any atom is -0.369 e. The van der Waals surface area contributed by atoms with Crippen LogP contribution in [0.25, 0.3) is 0 Å². The van der Waals surface area contributed by atoms with Crippen molar-refractivity contribution in [3.63, 3.8) is 0 Å². The second-order valence-electron chi connectivity index (χ2n) is 7.10. The van der Waals surface area contributed by atoms with Crippen molar-refractivity contribution in [3.05, 3.63) is 49.6 Å². The number of halogens is 1. The third kappa shape index (κ3) is 7.00. The smallest absolute Gasteiger partial charge is 0.252 e. The summed E-state index contributed by atoms with van der Waals surface area (Å²) in [6.07, 6.45) is 8.80. The zero-order chi connectivity index (χ0) is 17.5. The van der Waals surface area contributed by atoms with Crippen LogP contribution in [0.4, 0.5) is 5.69 Å². The first-order chi connectivity index (χ1) is 12.2. The van der Waals surface area contributed by atoms with E-state index < -0.39 is 0 Å². The molecule has 0 spiro atoms. The fraction of sp³-hybridized carbons (Fsp3) is 0.545. The molecule has 1 saturated heterocycles. The molecule has 1 aliphatic carbocycles. The fourth-order valence-corrected chi connectivity index (χ4v) is 3.95. The minimum absolute atomic E-state index is 0. The molecule has 0 bridgehead atoms. The summed E-state index contributed by atoms with van der Waals surface area (Å²) in [6, 6.07) is 5.79. The number of carbonyl (C=O) groups is 1. The van der Waals surface area contributed by atoms with E-state index in [1.807, 2.05) is 18.2 Å². The summed E-state index contributed by atoms with van der Waals surface area (Å²) in [6.45, 7) is 4.60. The lowest BCUT2D eigenvalue weighted by Crippen LogP contribution is -2.43. The highest BCUT2D eigenvalue weighted by molar-refractivity contribution is 6.34. The van der Waals surface area contributed by atoms with Gasteiger partial charge in [0.1, 0.15) is 0 Å². The highest BCUT2D eigenvalue weighted by atomic mass is 35.5. The summed E-state index contributed by atoms with van der Waals surface area (Å²) in [4.78, 5) is 14.8. The monoisotopic (exact) mass is 390 g/mol. The molecule has 4 nitrogen and oxygen atoms in total. The van der Waals surface area contributed by atoms with Crippen LogP contribution in [0, 0.1) is 20.8 Å². The van der Waals surface area contributed by atoms with Crippen LogP contribution in [-0.2, 0) is 0 Å². The van der Waals surface area contributed by atoms with E-state index in [4.69, 9.17) is 11.6 Å². The summed E-state index contributed by atoms with van der Waals surface area (Å²) in [7, 11) is 0. The number of rotatable bonds is 4. The van der Waals surface area contributed by atoms with Crippen LogP contribution >= 0.6 is 11.6 Å². The number of carbonyl (C=O) groups excluding carboxylic acids is 1. The summed E-state index contributed by atoms with van der Waals surface area (Å²) in [5.74, 6) is 1.41. The molecule has 149 valence electrons. The molecule has 0 atom stereocenters. The summed E-state index contributed by atoms with van der Waals surface area (Å²) < 4.78 is 0. The van der Waals surface area contributed by atoms with Gasteiger partial charge < -0.3 is 15.5 Å². The Labute approximate surface area is 171 Å². The van der Waals surface area contributed by atoms with Crippen molar-refractivity contribution >= 4 is 23.2 Å². The third-order valence-electron chi connectivity index (χ3n) is 5.24. The second kappa shape index (κ2) is 12.2. The largest absolute Gasteiger partial charge is 0.369 e. The Morgan fingerprint density at radius 2 is 1.67 bits per heavy atom. The molecule has 1 amide bonds. The lowest BCUT2D eigenvalue weighted by atomic mass is 9.91. The number of amides is 1. The van der Waals surface area contributed by atoms with E-state index in [2.05, 4.69) is 15.5 Å². The van der Waals surface area contributed by atoms with Gasteiger partial charge in [0.25, 0.3) is 5.91 Å². The Morgan fingerprint density at radius 3 is 2.30 bits per heavy atom. The number of nitrogens with zero attached hydrogens (tertiary/aromatic N) is 1. The van der Waals surface area contributed by atoms with Crippen LogP contribution in [0.5, 0.6) is 0 Å². The van der Waals surface area contributed by atoms with E-state index in [1.54, 1.807) is 0 Å². The zero-order valence-corrected chi connectivity index (χ0v) is 17.1. The SMILES string of the molecule is O=C(NC[C]1CCCCCCC1)c1ccc(N2CCNCC2)cc1Cl.[CH2].[CH2]. The molecule has 27 heavy (non-hydrogen) atoms. The van der Waals surface area contributed by atoms with Crippen LogP contribution in [0.1, 0.15) is 55.3 Å². The average molecular weight is 391 g/mol. The van der Waals surface area contributed by atoms with E-state index in [1.165, 1.54) is 38.0 Å². The molecule has 1 saturated carbocycles. The Kier molecular flexibility index (Phi) is 10.8. The van der Waals surface area contributed by atoms with Crippen molar-refractivity contribution < 1.29 is 4.79 Å². The summed E-state index contributed by atoms with van der Waals surface area (Å²) in [5, 5.41) is 6.95. The highest BCUT2D eigenvalue weighted by Crippen LogP contribution is 2.25. The Bertz CT molecular complexity index is 565. The van der Waals surface area contributed by atoms with E-state index in [0.29, 0.717) is 17.1 Å². The van der Waals surface area contributed by atoms with E-state index >= 15 is 0 Å². The molecule has 0 aromatic heterocycles. The van der Waals surface area contributed by atoms with Crippen LogP contribution in [0.2, 0.25) is 5.02 Å². The predicted octanol–water partition coefficient (Wildman–Crippen LogP) is 4.45. The summed E-state index contributed by atoms with van der Waals surface area (Å²) >= 11 is 6.40. The number of piperazine rings is 1. The van der Waals surface area contributed by atoms with Crippen LogP contribution in [0.3, 0.4) is 0 Å². The average Bonchev–Trinajstić information content (AvgIpc) is 2.61. The van der Waals surface area contributed by atoms with Crippen molar-refractivity contribution in [2.45, 2.75) is 44.9 Å². The van der Waals surface area contributed by atoms with Gasteiger partial charge in [-0.15, -0.1) is 0 Å². The van der Waals surface area contributed by atoms with Gasteiger partial charge in [0.05, 0.1) is 10.6 Å². The van der Waals surface area contributed by atoms with Crippen molar-refractivity contribution in [1.82, 2.24) is 10.6 Å². The molecule has 2 aliphatic rings. The quantitative estimate of drug-likeness (QED) is 0.798. The first kappa shape index (κ1) is 23.8. The van der Waals surface area contributed by atoms with Crippen LogP contribution < -0.4 is 15.5 Å². The first-order valence-electron chi connectivity index (χ1n) is 9.61. The maximum Gasteiger partial charge on any atom is 0.252 e. The third-order valence-corrected chi connectivity index (χ3v) is 5.55. The molecule has 5 radical (unpaired) electrons. The lowest BCUT2D eigenvalue weighted by molar-refractivity contribution is 0.0954. The molecular weight excluding hydrogens is 358 g/mol. The van der Waals surface area contributed by atoms with Crippen molar-refractivity contribution in [1.29, 1.82) is 0 Å². The first-order valence-corrected chi connectivity index (χ1v) is 9.99. The van der Waals surface area contributed by atoms with E-state index in [-0.39, 0.29) is 20.8 Å². The van der Waals surface area contributed by atoms with Crippen molar-refractivity contribution in [3.8, 4) is 0 Å². The van der Waals surface area contributed by atoms with Gasteiger partial charge >= 0.3 is 0 Å². The normalized spacial score (nSPS) is 18.5. The Balaban J connectivity index is 0.00000182. The van der Waals surface area contributed by atoms with Gasteiger partial charge in [-0.05, 0) is 37.0 Å². The number of benzene rings is 1.